The first-order chi connectivity index (χ1) is 19.4. The number of amides is 2. The molecule has 208 valence electrons. The summed E-state index contributed by atoms with van der Waals surface area (Å²) in [5.41, 5.74) is 4.36. The normalized spacial score (nSPS) is 16.4. The lowest BCUT2D eigenvalue weighted by Crippen LogP contribution is -2.37. The van der Waals surface area contributed by atoms with Crippen molar-refractivity contribution in [1.29, 1.82) is 0 Å². The maximum atomic E-state index is 13.5. The van der Waals surface area contributed by atoms with E-state index in [1.54, 1.807) is 44.2 Å². The lowest BCUT2D eigenvalue weighted by Gasteiger charge is -2.26. The number of nitrogens with one attached hydrogen (secondary N) is 2. The molecule has 2 N–H and O–H groups in total. The number of thioether (sulfide) groups is 1. The highest BCUT2D eigenvalue weighted by molar-refractivity contribution is 7.99. The number of carbonyl (C=O) groups is 2. The van der Waals surface area contributed by atoms with Crippen LogP contribution in [0.2, 0.25) is 0 Å². The van der Waals surface area contributed by atoms with Crippen molar-refractivity contribution in [3.8, 4) is 0 Å². The molecule has 0 saturated carbocycles. The SMILES string of the molecule is CCOP(=O)(OCC)c1ccc2c(c1)/C(=C(/Nc1ccc(C(=O)N3CCSCC3)cc1)c1ccccc1)C(=O)N2. The average molecular weight is 578 g/mol. The lowest BCUT2D eigenvalue weighted by atomic mass is 10.00. The molecule has 2 amide bonds. The smallest absolute Gasteiger partial charge is 0.354 e. The van der Waals surface area contributed by atoms with E-state index in [-0.39, 0.29) is 25.0 Å². The van der Waals surface area contributed by atoms with Gasteiger partial charge in [-0.25, -0.2) is 0 Å². The van der Waals surface area contributed by atoms with Crippen molar-refractivity contribution >= 4 is 59.1 Å². The van der Waals surface area contributed by atoms with Gasteiger partial charge in [0.15, 0.2) is 0 Å². The van der Waals surface area contributed by atoms with Crippen molar-refractivity contribution in [2.45, 2.75) is 13.8 Å². The second-order valence-corrected chi connectivity index (χ2v) is 12.5. The number of hydrogen-bond donors (Lipinski definition) is 2. The molecule has 1 fully saturated rings. The Labute approximate surface area is 238 Å². The van der Waals surface area contributed by atoms with Gasteiger partial charge in [-0.2, -0.15) is 11.8 Å². The first-order valence-electron chi connectivity index (χ1n) is 13.3. The second kappa shape index (κ2) is 12.4. The van der Waals surface area contributed by atoms with Gasteiger partial charge in [-0.05, 0) is 61.9 Å². The minimum absolute atomic E-state index is 0.0261. The van der Waals surface area contributed by atoms with Gasteiger partial charge in [0.25, 0.3) is 11.8 Å². The molecule has 2 heterocycles. The quantitative estimate of drug-likeness (QED) is 0.249. The Kier molecular flexibility index (Phi) is 8.76. The maximum Gasteiger partial charge on any atom is 0.361 e. The summed E-state index contributed by atoms with van der Waals surface area (Å²) in [6.45, 7) is 5.47. The van der Waals surface area contributed by atoms with E-state index in [1.165, 1.54) is 0 Å². The third-order valence-electron chi connectivity index (χ3n) is 6.67. The molecule has 0 unspecified atom stereocenters. The van der Waals surface area contributed by atoms with Crippen LogP contribution in [0.15, 0.2) is 72.8 Å². The van der Waals surface area contributed by atoms with E-state index >= 15 is 0 Å². The van der Waals surface area contributed by atoms with E-state index in [9.17, 15) is 14.2 Å². The highest BCUT2D eigenvalue weighted by atomic mass is 32.2. The topological polar surface area (TPSA) is 97.0 Å². The van der Waals surface area contributed by atoms with E-state index in [2.05, 4.69) is 10.6 Å². The zero-order valence-electron chi connectivity index (χ0n) is 22.5. The van der Waals surface area contributed by atoms with Gasteiger partial charge in [0.1, 0.15) is 0 Å². The van der Waals surface area contributed by atoms with Crippen LogP contribution in [-0.2, 0) is 18.4 Å². The molecule has 40 heavy (non-hydrogen) atoms. The summed E-state index contributed by atoms with van der Waals surface area (Å²) in [7, 11) is -3.57. The van der Waals surface area contributed by atoms with Gasteiger partial charge in [-0.15, -0.1) is 0 Å². The van der Waals surface area contributed by atoms with Crippen LogP contribution >= 0.6 is 19.4 Å². The number of nitrogens with zero attached hydrogens (tertiary/aromatic N) is 1. The number of benzene rings is 3. The van der Waals surface area contributed by atoms with Crippen LogP contribution in [0.5, 0.6) is 0 Å². The molecule has 0 bridgehead atoms. The molecule has 1 saturated heterocycles. The predicted molar refractivity (Wildman–Crippen MR) is 162 cm³/mol. The molecule has 3 aromatic rings. The largest absolute Gasteiger partial charge is 0.361 e. The molecule has 5 rings (SSSR count). The monoisotopic (exact) mass is 577 g/mol. The summed E-state index contributed by atoms with van der Waals surface area (Å²) >= 11 is 1.86. The van der Waals surface area contributed by atoms with Crippen molar-refractivity contribution in [3.63, 3.8) is 0 Å². The number of anilines is 2. The molecule has 0 atom stereocenters. The van der Waals surface area contributed by atoms with E-state index < -0.39 is 7.60 Å². The highest BCUT2D eigenvalue weighted by Gasteiger charge is 2.33. The number of rotatable bonds is 9. The lowest BCUT2D eigenvalue weighted by molar-refractivity contribution is -0.110. The fourth-order valence-corrected chi connectivity index (χ4v) is 7.27. The number of carbonyl (C=O) groups excluding carboxylic acids is 2. The molecule has 8 nitrogen and oxygen atoms in total. The Morgan fingerprint density at radius 1 is 0.950 bits per heavy atom. The Bertz CT molecular complexity index is 1460. The van der Waals surface area contributed by atoms with E-state index in [0.717, 1.165) is 35.8 Å². The maximum absolute atomic E-state index is 13.5. The summed E-state index contributed by atoms with van der Waals surface area (Å²) in [5, 5.41) is 6.73. The van der Waals surface area contributed by atoms with Crippen molar-refractivity contribution < 1.29 is 23.2 Å². The molecule has 3 aromatic carbocycles. The highest BCUT2D eigenvalue weighted by Crippen LogP contribution is 2.48. The minimum atomic E-state index is -3.57. The van der Waals surface area contributed by atoms with Crippen LogP contribution < -0.4 is 15.9 Å². The zero-order valence-corrected chi connectivity index (χ0v) is 24.2. The van der Waals surface area contributed by atoms with Crippen molar-refractivity contribution in [3.05, 3.63) is 89.5 Å². The fraction of sp³-hybridized carbons (Fsp3) is 0.267. The summed E-state index contributed by atoms with van der Waals surface area (Å²) in [6.07, 6.45) is 0. The van der Waals surface area contributed by atoms with Crippen LogP contribution in [-0.4, -0.2) is 54.5 Å². The third-order valence-corrected chi connectivity index (χ3v) is 9.72. The van der Waals surface area contributed by atoms with Crippen LogP contribution in [0, 0.1) is 0 Å². The minimum Gasteiger partial charge on any atom is -0.354 e. The van der Waals surface area contributed by atoms with Crippen molar-refractivity contribution in [1.82, 2.24) is 4.90 Å². The van der Waals surface area contributed by atoms with E-state index in [1.807, 2.05) is 59.1 Å². The molecular weight excluding hydrogens is 545 g/mol. The molecule has 10 heteroatoms. The van der Waals surface area contributed by atoms with Gasteiger partial charge in [0.2, 0.25) is 0 Å². The molecule has 0 aliphatic carbocycles. The average Bonchev–Trinajstić information content (AvgIpc) is 3.31. The summed E-state index contributed by atoms with van der Waals surface area (Å²) in [6, 6.07) is 22.0. The molecule has 2 aliphatic heterocycles. The third kappa shape index (κ3) is 5.88. The van der Waals surface area contributed by atoms with Crippen LogP contribution in [0.25, 0.3) is 11.3 Å². The van der Waals surface area contributed by atoms with Gasteiger partial charge in [0, 0.05) is 47.1 Å². The molecular formula is C30H32N3O5PS. The first-order valence-corrected chi connectivity index (χ1v) is 16.0. The zero-order chi connectivity index (χ0) is 28.1. The Morgan fingerprint density at radius 3 is 2.27 bits per heavy atom. The Balaban J connectivity index is 1.54. The summed E-state index contributed by atoms with van der Waals surface area (Å²) < 4.78 is 24.6. The van der Waals surface area contributed by atoms with Crippen LogP contribution in [0.3, 0.4) is 0 Å². The summed E-state index contributed by atoms with van der Waals surface area (Å²) in [4.78, 5) is 28.2. The molecule has 2 aliphatic rings. The number of hydrogen-bond acceptors (Lipinski definition) is 7. The molecule has 0 radical (unpaired) electrons. The second-order valence-electron chi connectivity index (χ2n) is 9.24. The standard InChI is InChI=1S/C30H32N3O5PS/c1-3-37-39(36,38-4-2)24-14-15-26-25(20-24)27(29(34)32-26)28(21-8-6-5-7-9-21)31-23-12-10-22(11-13-23)30(35)33-16-18-40-19-17-33/h5-15,20,31H,3-4,16-19H2,1-2H3,(H,32,34)/b28-27-. The Hall–Kier alpha value is -3.36. The van der Waals surface area contributed by atoms with Gasteiger partial charge in [0.05, 0.1) is 29.8 Å². The van der Waals surface area contributed by atoms with Crippen molar-refractivity contribution in [2.75, 3.05) is 48.4 Å². The molecule has 0 spiro atoms. The van der Waals surface area contributed by atoms with E-state index in [4.69, 9.17) is 9.05 Å². The molecule has 0 aromatic heterocycles. The van der Waals surface area contributed by atoms with Crippen LogP contribution in [0.4, 0.5) is 11.4 Å². The van der Waals surface area contributed by atoms with Gasteiger partial charge < -0.3 is 24.6 Å². The van der Waals surface area contributed by atoms with Crippen molar-refractivity contribution in [2.24, 2.45) is 0 Å². The van der Waals surface area contributed by atoms with Gasteiger partial charge in [-0.3, -0.25) is 14.2 Å². The summed E-state index contributed by atoms with van der Waals surface area (Å²) in [5.74, 6) is 1.65. The first kappa shape index (κ1) is 28.2. The van der Waals surface area contributed by atoms with E-state index in [0.29, 0.717) is 33.4 Å². The predicted octanol–water partition coefficient (Wildman–Crippen LogP) is 5.70. The van der Waals surface area contributed by atoms with Crippen LogP contribution in [0.1, 0.15) is 35.3 Å². The fourth-order valence-electron chi connectivity index (χ4n) is 4.77. The van der Waals surface area contributed by atoms with Gasteiger partial charge >= 0.3 is 7.60 Å². The number of fused-ring (bicyclic) bond motifs is 1. The Morgan fingerprint density at radius 2 is 1.62 bits per heavy atom. The van der Waals surface area contributed by atoms with Gasteiger partial charge in [-0.1, -0.05) is 30.3 Å².